The molecule has 0 fully saturated rings. The van der Waals surface area contributed by atoms with E-state index in [1.54, 1.807) is 0 Å². The first-order valence-corrected chi connectivity index (χ1v) is 21.3. The molecule has 2 heteroatoms. The van der Waals surface area contributed by atoms with Crippen molar-refractivity contribution in [2.24, 2.45) is 15.9 Å². The summed E-state index contributed by atoms with van der Waals surface area (Å²) in [5.74, 6) is 0. The highest BCUT2D eigenvalue weighted by Crippen LogP contribution is 2.40. The van der Waals surface area contributed by atoms with E-state index in [4.69, 9.17) is 5.10 Å². The number of rotatable bonds is 19. The van der Waals surface area contributed by atoms with Crippen LogP contribution in [-0.2, 0) is 17.3 Å². The lowest BCUT2D eigenvalue weighted by Gasteiger charge is -2.33. The topological polar surface area (TPSA) is 15.6 Å². The zero-order valence-electron chi connectivity index (χ0n) is 36.0. The Bertz CT molecular complexity index is 1570. The minimum absolute atomic E-state index is 0.123. The van der Waals surface area contributed by atoms with Gasteiger partial charge in [-0.25, -0.2) is 0 Å². The average molecular weight is 717 g/mol. The van der Waals surface area contributed by atoms with E-state index < -0.39 is 0 Å². The van der Waals surface area contributed by atoms with Gasteiger partial charge in [0.25, 0.3) is 0 Å². The molecule has 53 heavy (non-hydrogen) atoms. The average Bonchev–Trinajstić information content (AvgIpc) is 3.51. The van der Waals surface area contributed by atoms with Crippen molar-refractivity contribution in [1.82, 2.24) is 0 Å². The summed E-state index contributed by atoms with van der Waals surface area (Å²) in [7, 11) is 0. The van der Waals surface area contributed by atoms with E-state index in [1.165, 1.54) is 97.7 Å². The number of allylic oxidation sites excluding steroid dienone is 1. The molecule has 1 aliphatic rings. The minimum Gasteiger partial charge on any atom is -0.257 e. The minimum atomic E-state index is 0.123. The Morgan fingerprint density at radius 2 is 1.04 bits per heavy atom. The van der Waals surface area contributed by atoms with Gasteiger partial charge in [-0.3, -0.25) is 5.01 Å². The van der Waals surface area contributed by atoms with Crippen LogP contribution in [0.25, 0.3) is 6.08 Å². The van der Waals surface area contributed by atoms with Gasteiger partial charge in [-0.1, -0.05) is 201 Å². The van der Waals surface area contributed by atoms with Crippen LogP contribution in [0.2, 0.25) is 0 Å². The molecule has 1 unspecified atom stereocenters. The summed E-state index contributed by atoms with van der Waals surface area (Å²) in [5, 5.41) is 7.54. The second-order valence-corrected chi connectivity index (χ2v) is 20.1. The van der Waals surface area contributed by atoms with Crippen LogP contribution >= 0.6 is 0 Å². The molecule has 0 saturated carbocycles. The summed E-state index contributed by atoms with van der Waals surface area (Å²) in [4.78, 5) is 0. The van der Waals surface area contributed by atoms with Crippen molar-refractivity contribution < 1.29 is 0 Å². The lowest BCUT2D eigenvalue weighted by molar-refractivity contribution is 0.283. The number of hydrogen-bond acceptors (Lipinski definition) is 2. The second kappa shape index (κ2) is 19.0. The van der Waals surface area contributed by atoms with Gasteiger partial charge in [-0.2, -0.15) is 5.10 Å². The van der Waals surface area contributed by atoms with Gasteiger partial charge < -0.3 is 0 Å². The molecule has 2 nitrogen and oxygen atoms in total. The van der Waals surface area contributed by atoms with E-state index in [2.05, 4.69) is 166 Å². The molecule has 0 aromatic heterocycles. The van der Waals surface area contributed by atoms with Crippen LogP contribution in [-0.4, -0.2) is 5.71 Å². The maximum Gasteiger partial charge on any atom is 0.0831 e. The first-order valence-electron chi connectivity index (χ1n) is 21.3. The molecule has 1 atom stereocenters. The molecule has 3 aromatic rings. The van der Waals surface area contributed by atoms with Gasteiger partial charge in [-0.15, -0.1) is 0 Å². The molecule has 1 aliphatic heterocycles. The zero-order chi connectivity index (χ0) is 38.7. The number of hydrazone groups is 1. The van der Waals surface area contributed by atoms with Crippen molar-refractivity contribution in [3.8, 4) is 0 Å². The van der Waals surface area contributed by atoms with Crippen LogP contribution in [0.15, 0.2) is 84.0 Å². The molecule has 0 amide bonds. The number of aryl methyl sites for hydroxylation is 1. The smallest absolute Gasteiger partial charge is 0.0831 e. The number of hydrogen-bond donors (Lipinski definition) is 0. The number of unbranched alkanes of at least 4 members (excludes halogenated alkanes) is 9. The highest BCUT2D eigenvalue weighted by atomic mass is 15.5. The predicted octanol–water partition coefficient (Wildman–Crippen LogP) is 15.6. The first-order chi connectivity index (χ1) is 25.0. The lowest BCUT2D eigenvalue weighted by atomic mass is 9.72. The highest BCUT2D eigenvalue weighted by molar-refractivity contribution is 6.01. The van der Waals surface area contributed by atoms with Crippen LogP contribution in [0.1, 0.15) is 193 Å². The Labute approximate surface area is 327 Å². The third kappa shape index (κ3) is 13.9. The fraction of sp³-hybridized carbons (Fsp3) is 0.588. The molecule has 0 N–H and O–H groups in total. The summed E-state index contributed by atoms with van der Waals surface area (Å²) in [6.07, 6.45) is 22.6. The Kier molecular flexibility index (Phi) is 15.2. The van der Waals surface area contributed by atoms with E-state index in [0.29, 0.717) is 5.41 Å². The van der Waals surface area contributed by atoms with E-state index in [1.807, 2.05) is 0 Å². The van der Waals surface area contributed by atoms with Gasteiger partial charge in [0.2, 0.25) is 0 Å². The van der Waals surface area contributed by atoms with Crippen molar-refractivity contribution in [1.29, 1.82) is 0 Å². The Morgan fingerprint density at radius 1 is 0.566 bits per heavy atom. The third-order valence-corrected chi connectivity index (χ3v) is 11.1. The van der Waals surface area contributed by atoms with Crippen LogP contribution in [0.5, 0.6) is 0 Å². The van der Waals surface area contributed by atoms with E-state index in [0.717, 1.165) is 31.4 Å². The number of benzene rings is 3. The molecule has 0 radical (unpaired) electrons. The van der Waals surface area contributed by atoms with Crippen molar-refractivity contribution in [3.05, 3.63) is 107 Å². The zero-order valence-corrected chi connectivity index (χ0v) is 36.0. The first kappa shape index (κ1) is 42.6. The molecular weight excluding hydrogens is 641 g/mol. The monoisotopic (exact) mass is 717 g/mol. The predicted molar refractivity (Wildman–Crippen MR) is 235 cm³/mol. The SMILES string of the molecule is CCCCCCCCCCCCc1ccc(N2N=C(C=Cc3ccc(C(C)(C)CC(C)(C)C)cc3)CC2c2ccc(C(C)(C)CC(C)(C)C)cc2)cc1. The molecule has 290 valence electrons. The van der Waals surface area contributed by atoms with Crippen molar-refractivity contribution in [2.45, 2.75) is 183 Å². The third-order valence-electron chi connectivity index (χ3n) is 11.1. The fourth-order valence-electron chi connectivity index (χ4n) is 9.01. The lowest BCUT2D eigenvalue weighted by Crippen LogP contribution is -2.25. The van der Waals surface area contributed by atoms with Crippen LogP contribution in [0.3, 0.4) is 0 Å². The number of nitrogens with zero attached hydrogens (tertiary/aromatic N) is 2. The van der Waals surface area contributed by atoms with Gasteiger partial charge >= 0.3 is 0 Å². The fourth-order valence-corrected chi connectivity index (χ4v) is 9.01. The summed E-state index contributed by atoms with van der Waals surface area (Å²) in [6, 6.07) is 28.1. The van der Waals surface area contributed by atoms with E-state index in [-0.39, 0.29) is 22.3 Å². The van der Waals surface area contributed by atoms with Crippen molar-refractivity contribution >= 4 is 17.5 Å². The normalized spacial score (nSPS) is 15.8. The summed E-state index contributed by atoms with van der Waals surface area (Å²) >= 11 is 0. The van der Waals surface area contributed by atoms with Gasteiger partial charge in [-0.05, 0) is 93.4 Å². The van der Waals surface area contributed by atoms with E-state index >= 15 is 0 Å². The summed E-state index contributed by atoms with van der Waals surface area (Å²) in [6.45, 7) is 25.8. The quantitative estimate of drug-likeness (QED) is 0.113. The number of anilines is 1. The largest absolute Gasteiger partial charge is 0.257 e. The molecule has 0 aliphatic carbocycles. The molecule has 4 rings (SSSR count). The summed E-state index contributed by atoms with van der Waals surface area (Å²) in [5.41, 5.74) is 9.93. The van der Waals surface area contributed by atoms with Crippen LogP contribution in [0, 0.1) is 10.8 Å². The van der Waals surface area contributed by atoms with Gasteiger partial charge in [0.05, 0.1) is 17.4 Å². The van der Waals surface area contributed by atoms with Crippen molar-refractivity contribution in [2.75, 3.05) is 5.01 Å². The standard InChI is InChI=1S/C51H76N2/c1-12-13-14-15-16-17-18-19-20-21-22-40-26-35-46(36-27-40)53-47(42-28-32-44(33-29-42)51(10,11)39-49(5,6)7)37-45(52-53)34-25-41-23-30-43(31-24-41)50(8,9)38-48(2,3)4/h23-36,47H,12-22,37-39H2,1-11H3. The summed E-state index contributed by atoms with van der Waals surface area (Å²) < 4.78 is 0. The van der Waals surface area contributed by atoms with Gasteiger partial charge in [0.15, 0.2) is 0 Å². The molecule has 3 aromatic carbocycles. The Morgan fingerprint density at radius 3 is 1.53 bits per heavy atom. The maximum atomic E-state index is 5.27. The molecule has 0 spiro atoms. The second-order valence-electron chi connectivity index (χ2n) is 20.1. The van der Waals surface area contributed by atoms with Crippen molar-refractivity contribution in [3.63, 3.8) is 0 Å². The molecular formula is C51H76N2. The van der Waals surface area contributed by atoms with Gasteiger partial charge in [0, 0.05) is 6.42 Å². The molecule has 1 heterocycles. The maximum absolute atomic E-state index is 5.27. The molecule has 0 saturated heterocycles. The molecule has 0 bridgehead atoms. The van der Waals surface area contributed by atoms with E-state index in [9.17, 15) is 0 Å². The van der Waals surface area contributed by atoms with Crippen LogP contribution in [0.4, 0.5) is 5.69 Å². The Balaban J connectivity index is 1.46. The van der Waals surface area contributed by atoms with Gasteiger partial charge in [0.1, 0.15) is 0 Å². The Hall–Kier alpha value is -3.13. The highest BCUT2D eigenvalue weighted by Gasteiger charge is 2.31. The van der Waals surface area contributed by atoms with Crippen LogP contribution < -0.4 is 5.01 Å².